The van der Waals surface area contributed by atoms with Crippen LogP contribution in [0.5, 0.6) is 0 Å². The Kier molecular flexibility index (Phi) is 2.87. The first kappa shape index (κ1) is 9.98. The molecule has 5 nitrogen and oxygen atoms in total. The van der Waals surface area contributed by atoms with E-state index in [1.165, 1.54) is 9.80 Å². The van der Waals surface area contributed by atoms with E-state index in [2.05, 4.69) is 0 Å². The van der Waals surface area contributed by atoms with Crippen LogP contribution in [0.1, 0.15) is 6.42 Å². The summed E-state index contributed by atoms with van der Waals surface area (Å²) in [5, 5.41) is 0. The zero-order valence-electron chi connectivity index (χ0n) is 7.99. The fraction of sp³-hybridized carbons (Fsp3) is 0.750. The first-order chi connectivity index (χ1) is 6.02. The quantitative estimate of drug-likeness (QED) is 0.474. The summed E-state index contributed by atoms with van der Waals surface area (Å²) < 4.78 is 0. The molecule has 1 aliphatic rings. The van der Waals surface area contributed by atoms with Gasteiger partial charge in [-0.05, 0) is 6.42 Å². The minimum absolute atomic E-state index is 0.0268. The molecule has 2 amide bonds. The van der Waals surface area contributed by atoms with Crippen LogP contribution in [0.4, 0.5) is 0 Å². The smallest absolute Gasteiger partial charge is 0.312 e. The monoisotopic (exact) mass is 185 g/mol. The summed E-state index contributed by atoms with van der Waals surface area (Å²) >= 11 is 0. The zero-order valence-corrected chi connectivity index (χ0v) is 7.99. The third-order valence-electron chi connectivity index (χ3n) is 2.10. The standard InChI is InChI=1S/C8H15N3O2/c1-10(2)7(12)8(13)11-4-3-6(9)5-11/h6H,3-5,9H2,1-2H3/t6-/m0/s1. The number of hydrogen-bond donors (Lipinski definition) is 1. The molecule has 1 heterocycles. The van der Waals surface area contributed by atoms with Crippen LogP contribution in [0.2, 0.25) is 0 Å². The van der Waals surface area contributed by atoms with Gasteiger partial charge in [-0.1, -0.05) is 0 Å². The fourth-order valence-corrected chi connectivity index (χ4v) is 1.30. The number of carbonyl (C=O) groups excluding carboxylic acids is 2. The molecule has 0 unspecified atom stereocenters. The number of hydrogen-bond acceptors (Lipinski definition) is 3. The minimum Gasteiger partial charge on any atom is -0.341 e. The lowest BCUT2D eigenvalue weighted by atomic mass is 10.3. The van der Waals surface area contributed by atoms with Gasteiger partial charge >= 0.3 is 11.8 Å². The lowest BCUT2D eigenvalue weighted by Crippen LogP contribution is -2.42. The normalized spacial score (nSPS) is 21.8. The van der Waals surface area contributed by atoms with Gasteiger partial charge in [0.15, 0.2) is 0 Å². The van der Waals surface area contributed by atoms with Crippen molar-refractivity contribution < 1.29 is 9.59 Å². The molecule has 1 atom stereocenters. The van der Waals surface area contributed by atoms with Crippen molar-refractivity contribution >= 4 is 11.8 Å². The Hall–Kier alpha value is -1.10. The average Bonchev–Trinajstić information content (AvgIpc) is 2.49. The van der Waals surface area contributed by atoms with Crippen molar-refractivity contribution in [2.45, 2.75) is 12.5 Å². The van der Waals surface area contributed by atoms with E-state index < -0.39 is 11.8 Å². The van der Waals surface area contributed by atoms with Crippen LogP contribution in [0.15, 0.2) is 0 Å². The van der Waals surface area contributed by atoms with Gasteiger partial charge in [0.1, 0.15) is 0 Å². The van der Waals surface area contributed by atoms with E-state index >= 15 is 0 Å². The minimum atomic E-state index is -0.478. The van der Waals surface area contributed by atoms with Crippen LogP contribution in [0.3, 0.4) is 0 Å². The summed E-state index contributed by atoms with van der Waals surface area (Å²) in [6.07, 6.45) is 0.784. The van der Waals surface area contributed by atoms with Gasteiger partial charge in [-0.25, -0.2) is 0 Å². The summed E-state index contributed by atoms with van der Waals surface area (Å²) in [5.41, 5.74) is 5.62. The number of likely N-dealkylation sites (tertiary alicyclic amines) is 1. The molecule has 0 radical (unpaired) electrons. The maximum Gasteiger partial charge on any atom is 0.312 e. The molecule has 0 aromatic carbocycles. The molecule has 5 heteroatoms. The number of likely N-dealkylation sites (N-methyl/N-ethyl adjacent to an activating group) is 1. The first-order valence-electron chi connectivity index (χ1n) is 4.28. The highest BCUT2D eigenvalue weighted by Gasteiger charge is 2.28. The second kappa shape index (κ2) is 3.74. The molecular weight excluding hydrogens is 170 g/mol. The molecule has 0 aliphatic carbocycles. The Morgan fingerprint density at radius 2 is 2.08 bits per heavy atom. The number of nitrogens with zero attached hydrogens (tertiary/aromatic N) is 2. The van der Waals surface area contributed by atoms with E-state index in [9.17, 15) is 9.59 Å². The van der Waals surface area contributed by atoms with Gasteiger partial charge in [-0.3, -0.25) is 9.59 Å². The van der Waals surface area contributed by atoms with Gasteiger partial charge < -0.3 is 15.5 Å². The molecule has 0 aromatic heterocycles. The zero-order chi connectivity index (χ0) is 10.0. The third kappa shape index (κ3) is 2.18. The van der Waals surface area contributed by atoms with Crippen molar-refractivity contribution in [1.82, 2.24) is 9.80 Å². The van der Waals surface area contributed by atoms with Crippen molar-refractivity contribution in [2.75, 3.05) is 27.2 Å². The molecule has 1 saturated heterocycles. The van der Waals surface area contributed by atoms with E-state index in [4.69, 9.17) is 5.73 Å². The van der Waals surface area contributed by atoms with Gasteiger partial charge in [0, 0.05) is 33.2 Å². The van der Waals surface area contributed by atoms with Crippen LogP contribution in [-0.2, 0) is 9.59 Å². The summed E-state index contributed by atoms with van der Waals surface area (Å²) in [6.45, 7) is 1.10. The molecule has 1 rings (SSSR count). The second-order valence-electron chi connectivity index (χ2n) is 3.50. The highest BCUT2D eigenvalue weighted by molar-refractivity contribution is 6.34. The van der Waals surface area contributed by atoms with E-state index in [1.807, 2.05) is 0 Å². The number of amides is 2. The average molecular weight is 185 g/mol. The lowest BCUT2D eigenvalue weighted by molar-refractivity contribution is -0.149. The molecule has 13 heavy (non-hydrogen) atoms. The fourth-order valence-electron chi connectivity index (χ4n) is 1.30. The summed E-state index contributed by atoms with van der Waals surface area (Å²) in [7, 11) is 3.13. The Morgan fingerprint density at radius 1 is 1.46 bits per heavy atom. The highest BCUT2D eigenvalue weighted by atomic mass is 16.2. The third-order valence-corrected chi connectivity index (χ3v) is 2.10. The largest absolute Gasteiger partial charge is 0.341 e. The number of nitrogens with two attached hydrogens (primary N) is 1. The van der Waals surface area contributed by atoms with Crippen molar-refractivity contribution in [3.05, 3.63) is 0 Å². The summed E-state index contributed by atoms with van der Waals surface area (Å²) in [4.78, 5) is 25.4. The first-order valence-corrected chi connectivity index (χ1v) is 4.28. The van der Waals surface area contributed by atoms with Crippen molar-refractivity contribution in [3.63, 3.8) is 0 Å². The van der Waals surface area contributed by atoms with Crippen LogP contribution in [-0.4, -0.2) is 54.8 Å². The molecule has 1 aliphatic heterocycles. The molecule has 0 bridgehead atoms. The maximum absolute atomic E-state index is 11.4. The van der Waals surface area contributed by atoms with Gasteiger partial charge in [-0.2, -0.15) is 0 Å². The van der Waals surface area contributed by atoms with Crippen molar-refractivity contribution in [2.24, 2.45) is 5.73 Å². The van der Waals surface area contributed by atoms with Crippen LogP contribution < -0.4 is 5.73 Å². The van der Waals surface area contributed by atoms with Crippen molar-refractivity contribution in [3.8, 4) is 0 Å². The summed E-state index contributed by atoms with van der Waals surface area (Å²) in [6, 6.07) is 0.0268. The van der Waals surface area contributed by atoms with Crippen LogP contribution in [0, 0.1) is 0 Å². The molecule has 1 fully saturated rings. The van der Waals surface area contributed by atoms with Gasteiger partial charge in [0.2, 0.25) is 0 Å². The Morgan fingerprint density at radius 3 is 2.46 bits per heavy atom. The molecular formula is C8H15N3O2. The number of rotatable bonds is 0. The molecule has 0 spiro atoms. The Balaban J connectivity index is 2.53. The van der Waals surface area contributed by atoms with E-state index in [0.29, 0.717) is 13.1 Å². The lowest BCUT2D eigenvalue weighted by Gasteiger charge is -2.17. The second-order valence-corrected chi connectivity index (χ2v) is 3.50. The predicted molar refractivity (Wildman–Crippen MR) is 47.9 cm³/mol. The van der Waals surface area contributed by atoms with Crippen LogP contribution in [0.25, 0.3) is 0 Å². The predicted octanol–water partition coefficient (Wildman–Crippen LogP) is -1.37. The Labute approximate surface area is 77.5 Å². The van der Waals surface area contributed by atoms with E-state index in [-0.39, 0.29) is 6.04 Å². The SMILES string of the molecule is CN(C)C(=O)C(=O)N1CC[C@H](N)C1. The van der Waals surface area contributed by atoms with Gasteiger partial charge in [0.25, 0.3) is 0 Å². The van der Waals surface area contributed by atoms with Crippen molar-refractivity contribution in [1.29, 1.82) is 0 Å². The van der Waals surface area contributed by atoms with Crippen LogP contribution >= 0.6 is 0 Å². The molecule has 2 N–H and O–H groups in total. The molecule has 74 valence electrons. The molecule has 0 aromatic rings. The molecule has 0 saturated carbocycles. The van der Waals surface area contributed by atoms with E-state index in [0.717, 1.165) is 6.42 Å². The van der Waals surface area contributed by atoms with Gasteiger partial charge in [0.05, 0.1) is 0 Å². The highest BCUT2D eigenvalue weighted by Crippen LogP contribution is 2.07. The summed E-state index contributed by atoms with van der Waals surface area (Å²) in [5.74, 6) is -0.924. The Bertz CT molecular complexity index is 227. The number of carbonyl (C=O) groups is 2. The van der Waals surface area contributed by atoms with Gasteiger partial charge in [-0.15, -0.1) is 0 Å². The van der Waals surface area contributed by atoms with E-state index in [1.54, 1.807) is 14.1 Å². The topological polar surface area (TPSA) is 66.6 Å². The maximum atomic E-state index is 11.4.